The highest BCUT2D eigenvalue weighted by atomic mass is 19.2. The third-order valence-corrected chi connectivity index (χ3v) is 5.03. The standard InChI is InChI=1S/C20H20F2N4O2/c21-14-9-16-17(10-15(14)22)26-19(25-16)12-1-3-13(4-2-12)24-20(27)18(23)11-5-7-28-8-6-11/h1-4,9-11,18H,5-8,23H2,(H,24,27)(H,25,26). The quantitative estimate of drug-likeness (QED) is 0.642. The molecule has 28 heavy (non-hydrogen) atoms. The lowest BCUT2D eigenvalue weighted by Crippen LogP contribution is -2.43. The number of carbonyl (C=O) groups excluding carboxylic acids is 1. The number of amides is 1. The first-order valence-electron chi connectivity index (χ1n) is 9.10. The Kier molecular flexibility index (Phi) is 5.06. The van der Waals surface area contributed by atoms with Gasteiger partial charge in [0, 0.05) is 36.6 Å². The van der Waals surface area contributed by atoms with Crippen molar-refractivity contribution in [2.45, 2.75) is 18.9 Å². The van der Waals surface area contributed by atoms with Gasteiger partial charge in [-0.1, -0.05) is 0 Å². The van der Waals surface area contributed by atoms with Gasteiger partial charge in [-0.3, -0.25) is 4.79 Å². The maximum atomic E-state index is 13.4. The molecule has 1 atom stereocenters. The van der Waals surface area contributed by atoms with Crippen molar-refractivity contribution >= 4 is 22.6 Å². The molecule has 0 bridgehead atoms. The van der Waals surface area contributed by atoms with Crippen LogP contribution >= 0.6 is 0 Å². The first-order chi connectivity index (χ1) is 13.5. The summed E-state index contributed by atoms with van der Waals surface area (Å²) in [6, 6.07) is 8.55. The fraction of sp³-hybridized carbons (Fsp3) is 0.300. The van der Waals surface area contributed by atoms with Crippen molar-refractivity contribution in [2.24, 2.45) is 11.7 Å². The maximum absolute atomic E-state index is 13.4. The van der Waals surface area contributed by atoms with Gasteiger partial charge in [0.2, 0.25) is 5.91 Å². The smallest absolute Gasteiger partial charge is 0.241 e. The number of carbonyl (C=O) groups is 1. The molecule has 6 nitrogen and oxygen atoms in total. The number of aromatic nitrogens is 2. The summed E-state index contributed by atoms with van der Waals surface area (Å²) in [5.74, 6) is -1.50. The van der Waals surface area contributed by atoms with Crippen LogP contribution in [0, 0.1) is 17.6 Å². The minimum absolute atomic E-state index is 0.115. The van der Waals surface area contributed by atoms with E-state index in [4.69, 9.17) is 10.5 Å². The molecule has 3 aromatic rings. The van der Waals surface area contributed by atoms with E-state index >= 15 is 0 Å². The minimum atomic E-state index is -0.940. The van der Waals surface area contributed by atoms with Crippen LogP contribution in [0.1, 0.15) is 12.8 Å². The lowest BCUT2D eigenvalue weighted by atomic mass is 9.92. The average Bonchev–Trinajstić information content (AvgIpc) is 3.11. The summed E-state index contributed by atoms with van der Waals surface area (Å²) in [5.41, 5.74) is 8.18. The molecule has 0 radical (unpaired) electrons. The SMILES string of the molecule is NC(C(=O)Nc1ccc(-c2nc3cc(F)c(F)cc3[nH]2)cc1)C1CCOCC1. The number of anilines is 1. The van der Waals surface area contributed by atoms with Crippen molar-refractivity contribution in [1.82, 2.24) is 9.97 Å². The Bertz CT molecular complexity index is 958. The Morgan fingerprint density at radius 3 is 2.57 bits per heavy atom. The van der Waals surface area contributed by atoms with Crippen LogP contribution in [0.25, 0.3) is 22.4 Å². The lowest BCUT2D eigenvalue weighted by molar-refractivity contribution is -0.119. The number of rotatable bonds is 4. The molecule has 1 amide bonds. The van der Waals surface area contributed by atoms with E-state index in [1.165, 1.54) is 0 Å². The number of aromatic amines is 1. The van der Waals surface area contributed by atoms with Gasteiger partial charge in [-0.25, -0.2) is 13.8 Å². The predicted molar refractivity (Wildman–Crippen MR) is 102 cm³/mol. The second-order valence-corrected chi connectivity index (χ2v) is 6.91. The Hall–Kier alpha value is -2.84. The number of fused-ring (bicyclic) bond motifs is 1. The average molecular weight is 386 g/mol. The summed E-state index contributed by atoms with van der Waals surface area (Å²) in [5, 5.41) is 2.82. The molecule has 4 N–H and O–H groups in total. The summed E-state index contributed by atoms with van der Waals surface area (Å²) >= 11 is 0. The van der Waals surface area contributed by atoms with Crippen molar-refractivity contribution in [2.75, 3.05) is 18.5 Å². The van der Waals surface area contributed by atoms with Crippen molar-refractivity contribution in [3.05, 3.63) is 48.0 Å². The van der Waals surface area contributed by atoms with Gasteiger partial charge >= 0.3 is 0 Å². The molecule has 0 saturated carbocycles. The monoisotopic (exact) mass is 386 g/mol. The van der Waals surface area contributed by atoms with E-state index in [1.54, 1.807) is 24.3 Å². The first-order valence-corrected chi connectivity index (χ1v) is 9.10. The number of nitrogens with zero attached hydrogens (tertiary/aromatic N) is 1. The fourth-order valence-electron chi connectivity index (χ4n) is 3.37. The van der Waals surface area contributed by atoms with Gasteiger partial charge in [0.05, 0.1) is 17.1 Å². The predicted octanol–water partition coefficient (Wildman–Crippen LogP) is 3.20. The van der Waals surface area contributed by atoms with Gasteiger partial charge in [-0.05, 0) is 43.0 Å². The van der Waals surface area contributed by atoms with E-state index in [1.807, 2.05) is 0 Å². The lowest BCUT2D eigenvalue weighted by Gasteiger charge is -2.26. The molecule has 1 fully saturated rings. The summed E-state index contributed by atoms with van der Waals surface area (Å²) in [7, 11) is 0. The molecule has 1 saturated heterocycles. The minimum Gasteiger partial charge on any atom is -0.381 e. The number of imidazole rings is 1. The molecule has 8 heteroatoms. The van der Waals surface area contributed by atoms with Crippen LogP contribution in [0.2, 0.25) is 0 Å². The number of hydrogen-bond donors (Lipinski definition) is 3. The highest BCUT2D eigenvalue weighted by Gasteiger charge is 2.26. The van der Waals surface area contributed by atoms with Crippen LogP contribution in [0.3, 0.4) is 0 Å². The number of H-pyrrole nitrogens is 1. The van der Waals surface area contributed by atoms with Gasteiger partial charge < -0.3 is 20.8 Å². The van der Waals surface area contributed by atoms with Crippen LogP contribution in [-0.4, -0.2) is 35.1 Å². The van der Waals surface area contributed by atoms with E-state index in [0.717, 1.165) is 30.5 Å². The van der Waals surface area contributed by atoms with Crippen LogP contribution in [-0.2, 0) is 9.53 Å². The number of hydrogen-bond acceptors (Lipinski definition) is 4. The van der Waals surface area contributed by atoms with E-state index in [0.29, 0.717) is 35.8 Å². The van der Waals surface area contributed by atoms with Crippen LogP contribution < -0.4 is 11.1 Å². The zero-order valence-electron chi connectivity index (χ0n) is 15.0. The Balaban J connectivity index is 1.47. The largest absolute Gasteiger partial charge is 0.381 e. The third kappa shape index (κ3) is 3.74. The topological polar surface area (TPSA) is 93.0 Å². The highest BCUT2D eigenvalue weighted by Crippen LogP contribution is 2.24. The Morgan fingerprint density at radius 2 is 1.86 bits per heavy atom. The normalized spacial score (nSPS) is 16.2. The molecule has 0 spiro atoms. The van der Waals surface area contributed by atoms with Crippen molar-refractivity contribution in [3.8, 4) is 11.4 Å². The van der Waals surface area contributed by atoms with E-state index in [2.05, 4.69) is 15.3 Å². The highest BCUT2D eigenvalue weighted by molar-refractivity contribution is 5.95. The molecule has 1 aromatic heterocycles. The number of benzene rings is 2. The van der Waals surface area contributed by atoms with E-state index < -0.39 is 17.7 Å². The molecule has 146 valence electrons. The molecule has 2 heterocycles. The summed E-state index contributed by atoms with van der Waals surface area (Å²) < 4.78 is 32.0. The third-order valence-electron chi connectivity index (χ3n) is 5.03. The summed E-state index contributed by atoms with van der Waals surface area (Å²) in [6.45, 7) is 1.26. The number of nitrogens with one attached hydrogen (secondary N) is 2. The van der Waals surface area contributed by atoms with Crippen LogP contribution in [0.15, 0.2) is 36.4 Å². The van der Waals surface area contributed by atoms with Gasteiger partial charge in [0.15, 0.2) is 11.6 Å². The summed E-state index contributed by atoms with van der Waals surface area (Å²) in [6.07, 6.45) is 1.56. The first kappa shape index (κ1) is 18.5. The maximum Gasteiger partial charge on any atom is 0.241 e. The number of nitrogens with two attached hydrogens (primary N) is 1. The molecule has 1 aliphatic heterocycles. The van der Waals surface area contributed by atoms with Crippen molar-refractivity contribution < 1.29 is 18.3 Å². The van der Waals surface area contributed by atoms with Gasteiger partial charge in [-0.2, -0.15) is 0 Å². The van der Waals surface area contributed by atoms with Crippen molar-refractivity contribution in [3.63, 3.8) is 0 Å². The molecule has 1 unspecified atom stereocenters. The molecule has 0 aliphatic carbocycles. The second kappa shape index (κ2) is 7.65. The molecule has 2 aromatic carbocycles. The molecular weight excluding hydrogens is 366 g/mol. The van der Waals surface area contributed by atoms with Gasteiger partial charge in [0.1, 0.15) is 5.82 Å². The van der Waals surface area contributed by atoms with E-state index in [9.17, 15) is 13.6 Å². The zero-order chi connectivity index (χ0) is 19.7. The van der Waals surface area contributed by atoms with Gasteiger partial charge in [-0.15, -0.1) is 0 Å². The number of halogens is 2. The number of ether oxygens (including phenoxy) is 1. The van der Waals surface area contributed by atoms with Crippen LogP contribution in [0.5, 0.6) is 0 Å². The fourth-order valence-corrected chi connectivity index (χ4v) is 3.37. The Labute approximate surface area is 160 Å². The summed E-state index contributed by atoms with van der Waals surface area (Å²) in [4.78, 5) is 19.6. The zero-order valence-corrected chi connectivity index (χ0v) is 15.0. The Morgan fingerprint density at radius 1 is 1.18 bits per heavy atom. The molecular formula is C20H20F2N4O2. The van der Waals surface area contributed by atoms with Crippen molar-refractivity contribution in [1.29, 1.82) is 0 Å². The van der Waals surface area contributed by atoms with Gasteiger partial charge in [0.25, 0.3) is 0 Å². The molecule has 4 rings (SSSR count). The second-order valence-electron chi connectivity index (χ2n) is 6.91. The van der Waals surface area contributed by atoms with Crippen LogP contribution in [0.4, 0.5) is 14.5 Å². The molecule has 1 aliphatic rings. The van der Waals surface area contributed by atoms with E-state index in [-0.39, 0.29) is 11.8 Å².